The second-order valence-electron chi connectivity index (χ2n) is 4.18. The molecule has 0 aliphatic heterocycles. The normalized spacial score (nSPS) is 21.0. The maximum Gasteiger partial charge on any atom is 0.413 e. The highest BCUT2D eigenvalue weighted by atomic mass is 31.2. The van der Waals surface area contributed by atoms with Gasteiger partial charge in [0, 0.05) is 6.04 Å². The number of hydrogen-bond acceptors (Lipinski definition) is 2. The third-order valence-electron chi connectivity index (χ3n) is 2.97. The van der Waals surface area contributed by atoms with Crippen LogP contribution in [0, 0.1) is 5.92 Å². The Morgan fingerprint density at radius 1 is 1.33 bits per heavy atom. The van der Waals surface area contributed by atoms with E-state index in [1.807, 2.05) is 6.92 Å². The molecule has 1 amide bonds. The molecular formula is C9H18NO4P. The zero-order chi connectivity index (χ0) is 11.5. The van der Waals surface area contributed by atoms with E-state index in [2.05, 4.69) is 5.32 Å². The fourth-order valence-corrected chi connectivity index (χ4v) is 2.40. The van der Waals surface area contributed by atoms with Crippen molar-refractivity contribution in [2.75, 3.05) is 0 Å². The minimum Gasteiger partial charge on any atom is -0.343 e. The van der Waals surface area contributed by atoms with Crippen LogP contribution in [0.2, 0.25) is 0 Å². The Bertz CT molecular complexity index is 269. The molecule has 0 spiro atoms. The van der Waals surface area contributed by atoms with Gasteiger partial charge in [0.05, 0.1) is 0 Å². The van der Waals surface area contributed by atoms with Gasteiger partial charge in [-0.25, -0.2) is 4.57 Å². The monoisotopic (exact) mass is 235 g/mol. The molecule has 0 aromatic heterocycles. The lowest BCUT2D eigenvalue weighted by Crippen LogP contribution is -2.37. The standard InChI is InChI=1S/C9H18NO4P/c1-7(8-5-3-2-4-6-8)10-9(11)15(12,13)14/h7-8H,2-6H2,1H3,(H,10,11)(H2,12,13,14). The molecule has 1 rings (SSSR count). The number of nitrogens with one attached hydrogen (secondary N) is 1. The molecule has 5 nitrogen and oxygen atoms in total. The topological polar surface area (TPSA) is 86.6 Å². The van der Waals surface area contributed by atoms with Crippen molar-refractivity contribution in [2.45, 2.75) is 45.1 Å². The minimum atomic E-state index is -4.61. The van der Waals surface area contributed by atoms with Crippen LogP contribution in [0.3, 0.4) is 0 Å². The molecular weight excluding hydrogens is 217 g/mol. The lowest BCUT2D eigenvalue weighted by Gasteiger charge is -2.28. The van der Waals surface area contributed by atoms with Gasteiger partial charge < -0.3 is 15.1 Å². The first-order valence-corrected chi connectivity index (χ1v) is 6.89. The second kappa shape index (κ2) is 5.10. The highest BCUT2D eigenvalue weighted by Crippen LogP contribution is 2.36. The highest BCUT2D eigenvalue weighted by Gasteiger charge is 2.29. The summed E-state index contributed by atoms with van der Waals surface area (Å²) in [6, 6.07) is -0.148. The summed E-state index contributed by atoms with van der Waals surface area (Å²) in [6.45, 7) is 1.81. The maximum atomic E-state index is 11.0. The first kappa shape index (κ1) is 12.7. The Morgan fingerprint density at radius 3 is 2.33 bits per heavy atom. The van der Waals surface area contributed by atoms with Crippen LogP contribution in [-0.2, 0) is 4.57 Å². The number of carbonyl (C=O) groups is 1. The summed E-state index contributed by atoms with van der Waals surface area (Å²) in [7, 11) is -4.61. The van der Waals surface area contributed by atoms with Gasteiger partial charge in [0.15, 0.2) is 0 Å². The first-order valence-electron chi connectivity index (χ1n) is 5.28. The third-order valence-corrected chi connectivity index (χ3v) is 3.63. The Balaban J connectivity index is 2.44. The van der Waals surface area contributed by atoms with E-state index in [-0.39, 0.29) is 6.04 Å². The molecule has 0 heterocycles. The van der Waals surface area contributed by atoms with Crippen molar-refractivity contribution in [3.63, 3.8) is 0 Å². The van der Waals surface area contributed by atoms with Gasteiger partial charge in [-0.05, 0) is 25.7 Å². The van der Waals surface area contributed by atoms with Crippen LogP contribution in [0.5, 0.6) is 0 Å². The quantitative estimate of drug-likeness (QED) is 0.651. The number of amides is 1. The fourth-order valence-electron chi connectivity index (χ4n) is 2.03. The summed E-state index contributed by atoms with van der Waals surface area (Å²) < 4.78 is 10.6. The second-order valence-corrected chi connectivity index (χ2v) is 5.67. The van der Waals surface area contributed by atoms with Gasteiger partial charge in [-0.3, -0.25) is 4.79 Å². The SMILES string of the molecule is CC(NC(=O)P(=O)(O)O)C1CCCCC1. The van der Waals surface area contributed by atoms with E-state index in [0.717, 1.165) is 25.7 Å². The van der Waals surface area contributed by atoms with Gasteiger partial charge in [-0.2, -0.15) is 0 Å². The zero-order valence-corrected chi connectivity index (χ0v) is 9.74. The van der Waals surface area contributed by atoms with Crippen LogP contribution in [-0.4, -0.2) is 21.5 Å². The Hall–Kier alpha value is -0.380. The average Bonchev–Trinajstić information content (AvgIpc) is 2.17. The molecule has 1 unspecified atom stereocenters. The van der Waals surface area contributed by atoms with E-state index in [1.165, 1.54) is 6.42 Å². The van der Waals surface area contributed by atoms with Crippen molar-refractivity contribution in [3.05, 3.63) is 0 Å². The molecule has 0 saturated heterocycles. The molecule has 6 heteroatoms. The van der Waals surface area contributed by atoms with Crippen molar-refractivity contribution in [3.8, 4) is 0 Å². The van der Waals surface area contributed by atoms with Crippen molar-refractivity contribution < 1.29 is 19.1 Å². The molecule has 1 atom stereocenters. The molecule has 88 valence electrons. The molecule has 1 saturated carbocycles. The van der Waals surface area contributed by atoms with E-state index in [0.29, 0.717) is 5.92 Å². The molecule has 0 aromatic carbocycles. The van der Waals surface area contributed by atoms with Crippen molar-refractivity contribution in [1.82, 2.24) is 5.32 Å². The predicted molar refractivity (Wildman–Crippen MR) is 56.6 cm³/mol. The molecule has 0 bridgehead atoms. The van der Waals surface area contributed by atoms with Crippen LogP contribution in [0.25, 0.3) is 0 Å². The Labute approximate surface area is 89.4 Å². The molecule has 3 N–H and O–H groups in total. The third kappa shape index (κ3) is 3.93. The number of carbonyl (C=O) groups excluding carboxylic acids is 1. The van der Waals surface area contributed by atoms with E-state index in [4.69, 9.17) is 9.79 Å². The molecule has 1 aliphatic carbocycles. The summed E-state index contributed by atoms with van der Waals surface area (Å²) in [6.07, 6.45) is 5.56. The summed E-state index contributed by atoms with van der Waals surface area (Å²) in [5.74, 6) is 0.356. The summed E-state index contributed by atoms with van der Waals surface area (Å²) in [5, 5.41) is 2.39. The van der Waals surface area contributed by atoms with Crippen LogP contribution < -0.4 is 5.32 Å². The fraction of sp³-hybridized carbons (Fsp3) is 0.889. The van der Waals surface area contributed by atoms with E-state index < -0.39 is 13.2 Å². The van der Waals surface area contributed by atoms with Crippen LogP contribution in [0.15, 0.2) is 0 Å². The van der Waals surface area contributed by atoms with E-state index in [1.54, 1.807) is 0 Å². The Morgan fingerprint density at radius 2 is 1.87 bits per heavy atom. The molecule has 1 aliphatic rings. The summed E-state index contributed by atoms with van der Waals surface area (Å²) in [5.41, 5.74) is -1.15. The van der Waals surface area contributed by atoms with Crippen LogP contribution in [0.1, 0.15) is 39.0 Å². The van der Waals surface area contributed by atoms with Gasteiger partial charge in [-0.1, -0.05) is 19.3 Å². The molecule has 1 fully saturated rings. The van der Waals surface area contributed by atoms with Crippen molar-refractivity contribution in [1.29, 1.82) is 0 Å². The van der Waals surface area contributed by atoms with Gasteiger partial charge in [0.1, 0.15) is 0 Å². The van der Waals surface area contributed by atoms with Crippen LogP contribution in [0.4, 0.5) is 4.79 Å². The Kier molecular flexibility index (Phi) is 4.32. The van der Waals surface area contributed by atoms with Crippen molar-refractivity contribution >= 4 is 13.2 Å². The average molecular weight is 235 g/mol. The lowest BCUT2D eigenvalue weighted by molar-refractivity contribution is 0.233. The summed E-state index contributed by atoms with van der Waals surface area (Å²) >= 11 is 0. The van der Waals surface area contributed by atoms with Gasteiger partial charge in [0.2, 0.25) is 0 Å². The largest absolute Gasteiger partial charge is 0.413 e. The predicted octanol–water partition coefficient (Wildman–Crippen LogP) is 1.84. The zero-order valence-electron chi connectivity index (χ0n) is 8.85. The minimum absolute atomic E-state index is 0.148. The first-order chi connectivity index (χ1) is 6.91. The van der Waals surface area contributed by atoms with Gasteiger partial charge in [0.25, 0.3) is 0 Å². The molecule has 0 aromatic rings. The number of hydrogen-bond donors (Lipinski definition) is 3. The maximum absolute atomic E-state index is 11.0. The highest BCUT2D eigenvalue weighted by molar-refractivity contribution is 7.69. The molecule has 15 heavy (non-hydrogen) atoms. The summed E-state index contributed by atoms with van der Waals surface area (Å²) in [4.78, 5) is 28.3. The van der Waals surface area contributed by atoms with E-state index >= 15 is 0 Å². The van der Waals surface area contributed by atoms with Crippen LogP contribution >= 0.6 is 7.60 Å². The molecule has 0 radical (unpaired) electrons. The van der Waals surface area contributed by atoms with Crippen molar-refractivity contribution in [2.24, 2.45) is 5.92 Å². The van der Waals surface area contributed by atoms with Gasteiger partial charge >= 0.3 is 13.2 Å². The van der Waals surface area contributed by atoms with Gasteiger partial charge in [-0.15, -0.1) is 0 Å². The lowest BCUT2D eigenvalue weighted by atomic mass is 9.85. The smallest absolute Gasteiger partial charge is 0.343 e. The van der Waals surface area contributed by atoms with E-state index in [9.17, 15) is 9.36 Å². The number of rotatable bonds is 3.